The SMILES string of the molecule is COc1cc2ncnc(Nc3ccc(F)c(Cl)c3)c2cc1OCCC[NH+]1CCOCC1Cc1ccc(CC(=O)[C@H](CCCNC(N)=O)NC(=O)C2(C(=O)NCCCCCN3C(=O)C=CC3=O)CCC2)cc1. The minimum Gasteiger partial charge on any atom is -0.493 e. The van der Waals surface area contributed by atoms with E-state index in [1.54, 1.807) is 19.2 Å². The van der Waals surface area contributed by atoms with Gasteiger partial charge in [0.2, 0.25) is 11.8 Å². The van der Waals surface area contributed by atoms with Crippen LogP contribution in [0.3, 0.4) is 0 Å². The highest BCUT2D eigenvalue weighted by atomic mass is 35.5. The molecule has 1 saturated heterocycles. The molecule has 3 heterocycles. The van der Waals surface area contributed by atoms with Crippen molar-refractivity contribution in [2.75, 3.05) is 65.0 Å². The second-order valence-corrected chi connectivity index (χ2v) is 18.6. The van der Waals surface area contributed by atoms with Gasteiger partial charge in [-0.25, -0.2) is 19.2 Å². The Bertz CT molecular complexity index is 2580. The first-order valence-electron chi connectivity index (χ1n) is 24.2. The number of unbranched alkanes of at least 4 members (excludes halogenated alkanes) is 2. The minimum atomic E-state index is -1.29. The Labute approximate surface area is 416 Å². The van der Waals surface area contributed by atoms with E-state index in [-0.39, 0.29) is 54.0 Å². The number of nitrogens with one attached hydrogen (secondary N) is 5. The number of rotatable bonds is 26. The lowest BCUT2D eigenvalue weighted by Crippen LogP contribution is -3.18. The van der Waals surface area contributed by atoms with Crippen LogP contribution in [0.5, 0.6) is 11.5 Å². The number of nitrogens with zero attached hydrogens (tertiary/aromatic N) is 3. The quantitative estimate of drug-likeness (QED) is 0.0299. The van der Waals surface area contributed by atoms with Crippen LogP contribution in [0, 0.1) is 11.2 Å². The molecule has 7 rings (SSSR count). The summed E-state index contributed by atoms with van der Waals surface area (Å²) in [5, 5.41) is 12.2. The smallest absolute Gasteiger partial charge is 0.312 e. The number of amides is 6. The number of quaternary nitrogens is 1. The van der Waals surface area contributed by atoms with Crippen molar-refractivity contribution in [1.82, 2.24) is 30.8 Å². The van der Waals surface area contributed by atoms with Crippen molar-refractivity contribution in [2.24, 2.45) is 11.1 Å². The van der Waals surface area contributed by atoms with Crippen molar-refractivity contribution in [3.8, 4) is 11.5 Å². The lowest BCUT2D eigenvalue weighted by atomic mass is 9.67. The summed E-state index contributed by atoms with van der Waals surface area (Å²) in [5.74, 6) is -0.705. The van der Waals surface area contributed by atoms with Gasteiger partial charge >= 0.3 is 6.03 Å². The molecule has 3 aliphatic rings. The van der Waals surface area contributed by atoms with E-state index in [1.165, 1.54) is 40.4 Å². The van der Waals surface area contributed by atoms with Crippen molar-refractivity contribution < 1.29 is 52.3 Å². The molecule has 4 aromatic rings. The highest BCUT2D eigenvalue weighted by Crippen LogP contribution is 2.42. The number of imide groups is 1. The third-order valence-corrected chi connectivity index (χ3v) is 13.6. The number of carbonyl (C=O) groups is 6. The molecule has 2 fully saturated rings. The fourth-order valence-electron chi connectivity index (χ4n) is 9.12. The summed E-state index contributed by atoms with van der Waals surface area (Å²) in [6.07, 6.45) is 9.38. The van der Waals surface area contributed by atoms with Gasteiger partial charge in [-0.05, 0) is 80.3 Å². The molecule has 0 spiro atoms. The van der Waals surface area contributed by atoms with Gasteiger partial charge in [-0.15, -0.1) is 0 Å². The Balaban J connectivity index is 0.899. The molecular weight excluding hydrogens is 937 g/mol. The third kappa shape index (κ3) is 13.8. The van der Waals surface area contributed by atoms with Crippen LogP contribution in [0.15, 0.2) is 73.1 Å². The summed E-state index contributed by atoms with van der Waals surface area (Å²) in [6, 6.07) is 14.4. The monoisotopic (exact) mass is 998 g/mol. The molecule has 6 amide bonds. The molecule has 2 unspecified atom stereocenters. The van der Waals surface area contributed by atoms with E-state index in [9.17, 15) is 33.2 Å². The number of urea groups is 1. The number of hydrogen-bond acceptors (Lipinski definition) is 12. The Hall–Kier alpha value is -6.70. The van der Waals surface area contributed by atoms with Gasteiger partial charge in [0.1, 0.15) is 36.0 Å². The Morgan fingerprint density at radius 1 is 0.930 bits per heavy atom. The second-order valence-electron chi connectivity index (χ2n) is 18.2. The Kier molecular flexibility index (Phi) is 18.3. The fourth-order valence-corrected chi connectivity index (χ4v) is 9.30. The van der Waals surface area contributed by atoms with Gasteiger partial charge in [-0.2, -0.15) is 0 Å². The molecule has 3 aromatic carbocycles. The van der Waals surface area contributed by atoms with Crippen molar-refractivity contribution >= 4 is 69.5 Å². The average Bonchev–Trinajstić information content (AvgIpc) is 3.66. The van der Waals surface area contributed by atoms with Gasteiger partial charge in [-0.3, -0.25) is 28.9 Å². The maximum absolute atomic E-state index is 13.9. The lowest BCUT2D eigenvalue weighted by Gasteiger charge is -2.39. The number of carbonyl (C=O) groups excluding carboxylic acids is 6. The number of benzene rings is 3. The minimum absolute atomic E-state index is 0.0103. The molecule has 1 aromatic heterocycles. The number of morpholine rings is 1. The highest BCUT2D eigenvalue weighted by molar-refractivity contribution is 6.31. The molecule has 0 radical (unpaired) electrons. The molecule has 3 atom stereocenters. The number of methoxy groups -OCH3 is 1. The molecule has 71 heavy (non-hydrogen) atoms. The number of ether oxygens (including phenoxy) is 3. The number of Topliss-reactive ketones (excluding diaryl/α,β-unsaturated/α-hetero) is 1. The van der Waals surface area contributed by atoms with Gasteiger partial charge in [0.15, 0.2) is 17.3 Å². The zero-order valence-electron chi connectivity index (χ0n) is 39.9. The number of primary amides is 1. The summed E-state index contributed by atoms with van der Waals surface area (Å²) >= 11 is 6.01. The molecular formula is C51H62ClFN9O9+. The number of ketones is 1. The lowest BCUT2D eigenvalue weighted by molar-refractivity contribution is -0.933. The fraction of sp³-hybridized carbons (Fsp3) is 0.451. The molecule has 2 aliphatic heterocycles. The molecule has 1 aliphatic carbocycles. The summed E-state index contributed by atoms with van der Waals surface area (Å²) in [6.45, 7) is 4.20. The Morgan fingerprint density at radius 3 is 2.41 bits per heavy atom. The first-order chi connectivity index (χ1) is 34.3. The number of hydrogen-bond donors (Lipinski definition) is 6. The van der Waals surface area contributed by atoms with E-state index in [4.69, 9.17) is 31.5 Å². The van der Waals surface area contributed by atoms with Crippen LogP contribution >= 0.6 is 11.6 Å². The first-order valence-corrected chi connectivity index (χ1v) is 24.6. The van der Waals surface area contributed by atoms with Crippen LogP contribution in [0.2, 0.25) is 5.02 Å². The van der Waals surface area contributed by atoms with Gasteiger partial charge in [-0.1, -0.05) is 42.3 Å². The standard InChI is InChI=1S/C51H61ClFN9O9/c1-69-43-30-41-37(47(58-32-57-41)59-35-13-14-39(53)38(52)28-35)29-44(43)71-24-7-21-61-23-25-70-31-36(61)26-33-9-11-34(12-10-33)27-42(63)40(8-5-20-56-50(54)68)60-49(67)51(17-6-18-51)48(66)55-19-3-2-4-22-62-45(64)15-16-46(62)65/h9-16,28-30,32,36,40H,2-8,17-27,31H2,1H3,(H,55,66)(H,60,67)(H3,54,56,68)(H,57,58,59)/p+1/t36?,40-/m0/s1. The Morgan fingerprint density at radius 2 is 1.69 bits per heavy atom. The normalized spacial score (nSPS) is 17.6. The van der Waals surface area contributed by atoms with Crippen LogP contribution in [0.25, 0.3) is 10.9 Å². The van der Waals surface area contributed by atoms with Gasteiger partial charge in [0.05, 0.1) is 50.1 Å². The summed E-state index contributed by atoms with van der Waals surface area (Å²) in [4.78, 5) is 87.6. The second kappa shape index (κ2) is 24.9. The summed E-state index contributed by atoms with van der Waals surface area (Å²) in [7, 11) is 1.57. The highest BCUT2D eigenvalue weighted by Gasteiger charge is 2.51. The predicted molar refractivity (Wildman–Crippen MR) is 263 cm³/mol. The van der Waals surface area contributed by atoms with Gasteiger partial charge < -0.3 is 46.1 Å². The molecule has 7 N–H and O–H groups in total. The van der Waals surface area contributed by atoms with Crippen LogP contribution < -0.4 is 41.4 Å². The van der Waals surface area contributed by atoms with Crippen molar-refractivity contribution in [1.29, 1.82) is 0 Å². The van der Waals surface area contributed by atoms with E-state index in [0.717, 1.165) is 37.1 Å². The number of fused-ring (bicyclic) bond motifs is 1. The molecule has 1 saturated carbocycles. The van der Waals surface area contributed by atoms with Crippen molar-refractivity contribution in [2.45, 2.75) is 82.7 Å². The zero-order valence-corrected chi connectivity index (χ0v) is 40.6. The molecule has 20 heteroatoms. The first kappa shape index (κ1) is 52.1. The predicted octanol–water partition coefficient (Wildman–Crippen LogP) is 3.90. The molecule has 0 bridgehead atoms. The van der Waals surface area contributed by atoms with E-state index in [2.05, 4.69) is 31.2 Å². The summed E-state index contributed by atoms with van der Waals surface area (Å²) < 4.78 is 31.7. The van der Waals surface area contributed by atoms with Gasteiger partial charge in [0.25, 0.3) is 11.8 Å². The zero-order chi connectivity index (χ0) is 50.3. The average molecular weight is 1000 g/mol. The van der Waals surface area contributed by atoms with E-state index in [0.29, 0.717) is 112 Å². The van der Waals surface area contributed by atoms with Crippen LogP contribution in [0.4, 0.5) is 20.7 Å². The van der Waals surface area contributed by atoms with E-state index in [1.807, 2.05) is 30.3 Å². The summed E-state index contributed by atoms with van der Waals surface area (Å²) in [5.41, 5.74) is 7.04. The van der Waals surface area contributed by atoms with Crippen LogP contribution in [-0.4, -0.2) is 122 Å². The van der Waals surface area contributed by atoms with Crippen molar-refractivity contribution in [3.63, 3.8) is 0 Å². The van der Waals surface area contributed by atoms with Crippen molar-refractivity contribution in [3.05, 3.63) is 95.0 Å². The molecule has 18 nitrogen and oxygen atoms in total. The number of halogens is 2. The van der Waals surface area contributed by atoms with Gasteiger partial charge in [0, 0.05) is 68.2 Å². The van der Waals surface area contributed by atoms with Crippen LogP contribution in [0.1, 0.15) is 68.9 Å². The molecule has 378 valence electrons. The van der Waals surface area contributed by atoms with E-state index >= 15 is 0 Å². The number of nitrogens with two attached hydrogens (primary N) is 1. The third-order valence-electron chi connectivity index (χ3n) is 13.3. The largest absolute Gasteiger partial charge is 0.493 e. The van der Waals surface area contributed by atoms with Crippen LogP contribution in [-0.2, 0) is 41.6 Å². The number of anilines is 2. The maximum Gasteiger partial charge on any atom is 0.312 e. The topological polar surface area (TPSA) is 238 Å². The number of aromatic nitrogens is 2. The van der Waals surface area contributed by atoms with E-state index < -0.39 is 29.2 Å². The maximum atomic E-state index is 13.9.